The lowest BCUT2D eigenvalue weighted by Gasteiger charge is -2.30. The van der Waals surface area contributed by atoms with Crippen molar-refractivity contribution < 1.29 is 96.0 Å². The van der Waals surface area contributed by atoms with Crippen molar-refractivity contribution in [3.63, 3.8) is 0 Å². The number of ether oxygens (including phenoxy) is 4. The van der Waals surface area contributed by atoms with Crippen molar-refractivity contribution in [3.05, 3.63) is 81.8 Å². The van der Waals surface area contributed by atoms with Gasteiger partial charge in [-0.25, -0.2) is 4.79 Å². The van der Waals surface area contributed by atoms with Gasteiger partial charge in [0, 0.05) is 19.6 Å². The van der Waals surface area contributed by atoms with Gasteiger partial charge in [-0.3, -0.25) is 105 Å². The maximum atomic E-state index is 15.0. The van der Waals surface area contributed by atoms with Crippen LogP contribution in [0.25, 0.3) is 0 Å². The van der Waals surface area contributed by atoms with E-state index in [1.54, 1.807) is 166 Å². The first-order chi connectivity index (χ1) is 68.4. The second kappa shape index (κ2) is 56.8. The van der Waals surface area contributed by atoms with Gasteiger partial charge in [0.2, 0.25) is 82.7 Å². The molecule has 4 aromatic carbocycles. The maximum absolute atomic E-state index is 15.0. The number of hydrogen-bond acceptors (Lipinski definition) is 31. The van der Waals surface area contributed by atoms with Crippen LogP contribution in [0.2, 0.25) is 0 Å². The Hall–Kier alpha value is -13.2. The summed E-state index contributed by atoms with van der Waals surface area (Å²) in [5, 5.41) is 55.4. The van der Waals surface area contributed by atoms with Crippen molar-refractivity contribution in [2.45, 2.75) is 404 Å². The highest BCUT2D eigenvalue weighted by Crippen LogP contribution is 2.30. The van der Waals surface area contributed by atoms with Crippen molar-refractivity contribution in [1.82, 2.24) is 69.1 Å². The standard InChI is InChI=1S/C102H162N18O28/c1-29-52(11)67(119-72-76(125)80(129)84(72)148-102(26,27)28)96(141)117-64(47-66(103)121)95(140)116-63(45-50(7)8)94(139)113-58(37-31-34-40-104-69-73(122)77(126)81(69)145-99(17,18)19)89(134)108-57(16)88(133)115-61(43-48(3)4)92(137)109-54(13)85(130)107-55(14)87(132)114-62(44-49(5)6)93(138)110-56(15)86(131)111-59(38-32-35-41-105-70-74(123)78(127)82(70)146-100(20,21)22)90(135)112-60(39-33-36-42-106-71-75(124)79(128)83(71)147-101(23,24)25)91(136)120-68(53(12)30-2)97(142)118-65(98(143)144)46-51(9)10/h48-65,67-68,104-106,119H,29-47H2,1-28H3,(H2,103,121)(H,107,130)(H,108,134)(H,109,137)(H,110,138)(H,111,131)(H,112,135)(H,113,139)(H,114,132)(H,115,133)(H,116,140)(H,117,141)(H,118,142)(H,120,136)(H,143,144)/t52-,53-,54-,55-,56-,57-,58-,59-,60-,61-,62-,63-,64-,65-,67-,68-/m0/s1. The molecule has 46 heteroatoms. The Morgan fingerprint density at radius 2 is 0.493 bits per heavy atom. The number of amides is 14. The summed E-state index contributed by atoms with van der Waals surface area (Å²) in [5.74, 6) is -17.5. The van der Waals surface area contributed by atoms with Crippen molar-refractivity contribution in [3.8, 4) is 23.0 Å². The molecule has 0 bridgehead atoms. The van der Waals surface area contributed by atoms with Gasteiger partial charge in [-0.1, -0.05) is 95.9 Å². The van der Waals surface area contributed by atoms with Gasteiger partial charge in [0.05, 0.1) is 6.42 Å². The van der Waals surface area contributed by atoms with Crippen LogP contribution in [0.5, 0.6) is 23.0 Å². The number of carboxylic acid groups (broad SMARTS) is 1. The maximum Gasteiger partial charge on any atom is 0.326 e. The summed E-state index contributed by atoms with van der Waals surface area (Å²) in [4.78, 5) is 314. The van der Waals surface area contributed by atoms with Crippen LogP contribution in [-0.2, 0) is 71.9 Å². The summed E-state index contributed by atoms with van der Waals surface area (Å²) in [6.07, 6.45) is 0.0870. The van der Waals surface area contributed by atoms with Crippen LogP contribution in [0, 0.1) is 35.5 Å². The van der Waals surface area contributed by atoms with Crippen molar-refractivity contribution in [1.29, 1.82) is 0 Å². The number of rotatable bonds is 65. The van der Waals surface area contributed by atoms with Gasteiger partial charge in [-0.05, 0) is 230 Å². The summed E-state index contributed by atoms with van der Waals surface area (Å²) < 4.78 is 22.9. The molecule has 0 saturated heterocycles. The normalized spacial score (nSPS) is 15.2. The summed E-state index contributed by atoms with van der Waals surface area (Å²) in [6.45, 7) is 46.0. The number of anilines is 4. The van der Waals surface area contributed by atoms with Crippen LogP contribution >= 0.6 is 0 Å². The molecule has 148 heavy (non-hydrogen) atoms. The number of aliphatic carboxylic acids is 1. The number of primary amides is 1. The topological polar surface area (TPSA) is 680 Å². The molecule has 16 atom stereocenters. The first-order valence-electron chi connectivity index (χ1n) is 51.0. The highest BCUT2D eigenvalue weighted by molar-refractivity contribution is 6.01. The van der Waals surface area contributed by atoms with E-state index in [1.807, 2.05) is 0 Å². The molecule has 0 fully saturated rings. The molecule has 20 N–H and O–H groups in total. The number of nitrogens with one attached hydrogen (secondary N) is 17. The summed E-state index contributed by atoms with van der Waals surface area (Å²) in [7, 11) is 0. The Balaban J connectivity index is 1.58. The van der Waals surface area contributed by atoms with Crippen LogP contribution in [0.1, 0.15) is 297 Å². The molecule has 0 aromatic heterocycles. The minimum absolute atomic E-state index is 0.0458. The molecule has 828 valence electrons. The fourth-order valence-corrected chi connectivity index (χ4v) is 15.4. The number of carbonyl (C=O) groups is 15. The first kappa shape index (κ1) is 127. The SMILES string of the molecule is CC[C@H](C)[C@H](NC(=O)[C@H](CCCCNc1c(OC(C)(C)C)c(=O)c1=O)NC(=O)[C@H](CCCCNc1c(OC(C)(C)C)c(=O)c1=O)NC(=O)[C@H](C)NC(=O)[C@H](CC(C)C)NC(=O)[C@H](C)NC(=O)[C@H](C)NC(=O)[C@H](CC(C)C)NC(=O)[C@H](C)NC(=O)[C@H](CCCCNc1c(OC(C)(C)C)c(=O)c1=O)NC(=O)[C@H](CC(C)C)NC(=O)[C@H](CC(N)=O)NC(=O)[C@@H](Nc1c(OC(C)(C)C)c(=O)c1=O)[C@@H](C)CC)C(=O)N[C@@H](CC(C)C)C(=O)O. The Morgan fingerprint density at radius 3 is 0.797 bits per heavy atom. The Bertz CT molecular complexity index is 5590. The van der Waals surface area contributed by atoms with Crippen LogP contribution in [0.15, 0.2) is 38.4 Å². The summed E-state index contributed by atoms with van der Waals surface area (Å²) in [5.41, 5.74) is -5.08. The monoisotopic (exact) mass is 2090 g/mol. The zero-order valence-electron chi connectivity index (χ0n) is 91.0. The van der Waals surface area contributed by atoms with E-state index in [-0.39, 0.29) is 173 Å². The molecule has 14 amide bonds. The third kappa shape index (κ3) is 40.4. The predicted molar refractivity (Wildman–Crippen MR) is 557 cm³/mol. The molecule has 0 spiro atoms. The van der Waals surface area contributed by atoms with Gasteiger partial charge < -0.3 is 120 Å². The lowest BCUT2D eigenvalue weighted by Crippen LogP contribution is -2.60. The van der Waals surface area contributed by atoms with E-state index in [2.05, 4.69) is 90.4 Å². The van der Waals surface area contributed by atoms with Crippen LogP contribution < -0.4 is 158 Å². The Kier molecular flexibility index (Phi) is 48.8. The molecule has 0 aliphatic heterocycles. The minimum atomic E-state index is -1.75. The average Bonchev–Trinajstić information content (AvgIpc) is 0.770. The van der Waals surface area contributed by atoms with Gasteiger partial charge in [-0.2, -0.15) is 0 Å². The third-order valence-corrected chi connectivity index (χ3v) is 23.6. The molecule has 0 unspecified atom stereocenters. The van der Waals surface area contributed by atoms with E-state index in [4.69, 9.17) is 24.7 Å². The number of unbranched alkanes of at least 4 members (excludes halogenated alkanes) is 3. The van der Waals surface area contributed by atoms with Gasteiger partial charge in [0.1, 0.15) is 130 Å². The molecular formula is C102H162N18O28. The smallest absolute Gasteiger partial charge is 0.326 e. The van der Waals surface area contributed by atoms with Crippen LogP contribution in [0.4, 0.5) is 22.7 Å². The lowest BCUT2D eigenvalue weighted by atomic mass is 9.96. The number of nitrogens with two attached hydrogens (primary N) is 1. The molecule has 4 aromatic rings. The fourth-order valence-electron chi connectivity index (χ4n) is 15.4. The number of carbonyl (C=O) groups excluding carboxylic acids is 14. The summed E-state index contributed by atoms with van der Waals surface area (Å²) >= 11 is 0. The van der Waals surface area contributed by atoms with Crippen LogP contribution in [-0.4, -0.2) is 220 Å². The van der Waals surface area contributed by atoms with E-state index < -0.39 is 257 Å². The Labute approximate surface area is 863 Å². The summed E-state index contributed by atoms with van der Waals surface area (Å²) in [6, 6.07) is -20.4. The molecule has 4 rings (SSSR count). The second-order valence-electron chi connectivity index (χ2n) is 43.9. The quantitative estimate of drug-likeness (QED) is 0.0222. The van der Waals surface area contributed by atoms with E-state index in [0.29, 0.717) is 12.8 Å². The molecule has 0 aliphatic carbocycles. The number of hydrogen-bond donors (Lipinski definition) is 19. The largest absolute Gasteiger partial charge is 0.482 e. The third-order valence-electron chi connectivity index (χ3n) is 23.6. The van der Waals surface area contributed by atoms with E-state index in [1.165, 1.54) is 27.7 Å². The fraction of sp³-hybridized carbons (Fsp3) is 0.696. The highest BCUT2D eigenvalue weighted by atomic mass is 16.5. The first-order valence-corrected chi connectivity index (χ1v) is 51.0. The molecule has 0 saturated carbocycles. The Morgan fingerprint density at radius 1 is 0.270 bits per heavy atom. The zero-order chi connectivity index (χ0) is 113. The molecule has 0 heterocycles. The van der Waals surface area contributed by atoms with Gasteiger partial charge in [0.25, 0.3) is 43.4 Å². The number of carboxylic acids is 1. The van der Waals surface area contributed by atoms with Crippen molar-refractivity contribution in [2.75, 3.05) is 40.9 Å². The molecule has 0 radical (unpaired) electrons. The highest BCUT2D eigenvalue weighted by Gasteiger charge is 2.42. The average molecular weight is 2090 g/mol. The van der Waals surface area contributed by atoms with Crippen molar-refractivity contribution >= 4 is 111 Å². The second-order valence-corrected chi connectivity index (χ2v) is 43.9. The van der Waals surface area contributed by atoms with E-state index >= 15 is 0 Å². The van der Waals surface area contributed by atoms with Gasteiger partial charge in [0.15, 0.2) is 23.0 Å². The van der Waals surface area contributed by atoms with Gasteiger partial charge in [-0.15, -0.1) is 0 Å². The van der Waals surface area contributed by atoms with E-state index in [0.717, 1.165) is 0 Å². The van der Waals surface area contributed by atoms with Crippen molar-refractivity contribution in [2.24, 2.45) is 41.2 Å². The minimum Gasteiger partial charge on any atom is -0.482 e. The predicted octanol–water partition coefficient (Wildman–Crippen LogP) is 2.03. The zero-order valence-corrected chi connectivity index (χ0v) is 91.0. The molecule has 0 aliphatic rings. The van der Waals surface area contributed by atoms with Gasteiger partial charge >= 0.3 is 5.97 Å². The lowest BCUT2D eigenvalue weighted by molar-refractivity contribution is -0.143. The van der Waals surface area contributed by atoms with E-state index in [9.17, 15) is 115 Å². The molecule has 46 nitrogen and oxygen atoms in total. The molecular weight excluding hydrogens is 1930 g/mol. The van der Waals surface area contributed by atoms with Crippen LogP contribution in [0.3, 0.4) is 0 Å².